The Morgan fingerprint density at radius 3 is 2.62 bits per heavy atom. The van der Waals surface area contributed by atoms with Crippen LogP contribution in [-0.4, -0.2) is 23.7 Å². The topological polar surface area (TPSA) is 62.5 Å². The number of aromatic nitrogens is 1. The van der Waals surface area contributed by atoms with Crippen LogP contribution < -0.4 is 10.6 Å². The van der Waals surface area contributed by atoms with Crippen molar-refractivity contribution in [2.24, 2.45) is 10.9 Å². The summed E-state index contributed by atoms with van der Waals surface area (Å²) in [6.07, 6.45) is 3.25. The third-order valence-corrected chi connectivity index (χ3v) is 3.27. The lowest BCUT2D eigenvalue weighted by atomic mass is 10.0. The summed E-state index contributed by atoms with van der Waals surface area (Å²) in [6, 6.07) is 2.38. The minimum atomic E-state index is 0.408. The monoisotopic (exact) mass is 294 g/mol. The van der Waals surface area contributed by atoms with Crippen LogP contribution in [0.4, 0.5) is 0 Å². The summed E-state index contributed by atoms with van der Waals surface area (Å²) in [4.78, 5) is 4.56. The molecule has 2 N–H and O–H groups in total. The molecule has 1 heterocycles. The van der Waals surface area contributed by atoms with Gasteiger partial charge in [0.25, 0.3) is 0 Å². The van der Waals surface area contributed by atoms with E-state index in [4.69, 9.17) is 4.52 Å². The maximum absolute atomic E-state index is 5.26. The first kappa shape index (κ1) is 17.5. The van der Waals surface area contributed by atoms with Crippen molar-refractivity contribution in [1.82, 2.24) is 15.8 Å². The molecule has 0 aromatic carbocycles. The van der Waals surface area contributed by atoms with Crippen molar-refractivity contribution in [3.63, 3.8) is 0 Å². The van der Waals surface area contributed by atoms with Gasteiger partial charge in [0.2, 0.25) is 0 Å². The molecular formula is C16H30N4O. The average Bonchev–Trinajstić information content (AvgIpc) is 2.91. The maximum atomic E-state index is 5.26. The van der Waals surface area contributed by atoms with Crippen molar-refractivity contribution in [3.05, 3.63) is 17.5 Å². The normalized spacial score (nSPS) is 13.5. The first-order valence-corrected chi connectivity index (χ1v) is 8.04. The van der Waals surface area contributed by atoms with Gasteiger partial charge >= 0.3 is 0 Å². The highest BCUT2D eigenvalue weighted by molar-refractivity contribution is 5.79. The van der Waals surface area contributed by atoms with Gasteiger partial charge in [-0.15, -0.1) is 0 Å². The van der Waals surface area contributed by atoms with Crippen molar-refractivity contribution in [2.45, 2.75) is 66.5 Å². The molecule has 1 aromatic heterocycles. The highest BCUT2D eigenvalue weighted by Crippen LogP contribution is 2.07. The molecule has 0 spiro atoms. The molecular weight excluding hydrogens is 264 g/mol. The van der Waals surface area contributed by atoms with Gasteiger partial charge in [0.1, 0.15) is 6.54 Å². The van der Waals surface area contributed by atoms with Gasteiger partial charge in [-0.25, -0.2) is 4.99 Å². The number of hydrogen-bond donors (Lipinski definition) is 2. The van der Waals surface area contributed by atoms with Gasteiger partial charge in [0.05, 0.1) is 5.69 Å². The lowest BCUT2D eigenvalue weighted by Gasteiger charge is -2.18. The average molecular weight is 294 g/mol. The fraction of sp³-hybridized carbons (Fsp3) is 0.750. The third-order valence-electron chi connectivity index (χ3n) is 3.27. The molecule has 0 amide bonds. The highest BCUT2D eigenvalue weighted by atomic mass is 16.5. The lowest BCUT2D eigenvalue weighted by Crippen LogP contribution is -2.42. The number of nitrogens with zero attached hydrogens (tertiary/aromatic N) is 2. The smallest absolute Gasteiger partial charge is 0.191 e. The van der Waals surface area contributed by atoms with Crippen molar-refractivity contribution in [2.75, 3.05) is 6.54 Å². The molecule has 0 bridgehead atoms. The van der Waals surface area contributed by atoms with E-state index in [1.54, 1.807) is 0 Å². The second kappa shape index (κ2) is 9.42. The molecule has 0 aliphatic heterocycles. The molecule has 5 heteroatoms. The Hall–Kier alpha value is -1.52. The predicted molar refractivity (Wildman–Crippen MR) is 87.4 cm³/mol. The van der Waals surface area contributed by atoms with Crippen LogP contribution in [0.3, 0.4) is 0 Å². The summed E-state index contributed by atoms with van der Waals surface area (Å²) in [5.74, 6) is 2.37. The Balaban J connectivity index is 2.52. The molecule has 1 aromatic rings. The van der Waals surface area contributed by atoms with Gasteiger partial charge in [0.15, 0.2) is 11.7 Å². The number of nitrogens with one attached hydrogen (secondary N) is 2. The van der Waals surface area contributed by atoms with Gasteiger partial charge in [-0.2, -0.15) is 0 Å². The van der Waals surface area contributed by atoms with E-state index in [1.807, 2.05) is 6.07 Å². The summed E-state index contributed by atoms with van der Waals surface area (Å²) in [5.41, 5.74) is 0.975. The van der Waals surface area contributed by atoms with E-state index in [0.717, 1.165) is 42.7 Å². The Bertz CT molecular complexity index is 426. The van der Waals surface area contributed by atoms with Crippen molar-refractivity contribution in [3.8, 4) is 0 Å². The van der Waals surface area contributed by atoms with E-state index in [1.165, 1.54) is 6.42 Å². The number of guanidine groups is 1. The molecule has 120 valence electrons. The van der Waals surface area contributed by atoms with E-state index in [-0.39, 0.29) is 0 Å². The largest absolute Gasteiger partial charge is 0.359 e. The fourth-order valence-corrected chi connectivity index (χ4v) is 1.96. The Morgan fingerprint density at radius 1 is 1.29 bits per heavy atom. The van der Waals surface area contributed by atoms with Crippen LogP contribution in [0.1, 0.15) is 58.9 Å². The van der Waals surface area contributed by atoms with Gasteiger partial charge in [-0.1, -0.05) is 25.9 Å². The first-order chi connectivity index (χ1) is 10.0. The molecule has 0 aliphatic rings. The Labute approximate surface area is 128 Å². The molecule has 0 radical (unpaired) electrons. The summed E-state index contributed by atoms with van der Waals surface area (Å²) in [7, 11) is 0. The zero-order valence-electron chi connectivity index (χ0n) is 14.1. The Morgan fingerprint density at radius 2 is 2.05 bits per heavy atom. The molecule has 5 nitrogen and oxygen atoms in total. The summed E-state index contributed by atoms with van der Waals surface area (Å²) >= 11 is 0. The standard InChI is InChI=1S/C16H30N4O/c1-6-14-10-15(21-20-14)11-18-16(17-7-2)19-13(5)9-8-12(3)4/h10,12-13H,6-9,11H2,1-5H3,(H2,17,18,19). The lowest BCUT2D eigenvalue weighted by molar-refractivity contribution is 0.379. The van der Waals surface area contributed by atoms with Crippen LogP contribution in [0.2, 0.25) is 0 Å². The SMILES string of the molecule is CCNC(=NCc1cc(CC)no1)NC(C)CCC(C)C. The Kier molecular flexibility index (Phi) is 7.87. The van der Waals surface area contributed by atoms with Crippen LogP contribution in [-0.2, 0) is 13.0 Å². The molecule has 1 rings (SSSR count). The summed E-state index contributed by atoms with van der Waals surface area (Å²) in [6.45, 7) is 12.2. The fourth-order valence-electron chi connectivity index (χ4n) is 1.96. The van der Waals surface area contributed by atoms with Crippen molar-refractivity contribution >= 4 is 5.96 Å². The second-order valence-corrected chi connectivity index (χ2v) is 5.85. The van der Waals surface area contributed by atoms with E-state index in [0.29, 0.717) is 12.6 Å². The zero-order valence-corrected chi connectivity index (χ0v) is 14.1. The van der Waals surface area contributed by atoms with Crippen molar-refractivity contribution < 1.29 is 4.52 Å². The number of aryl methyl sites for hydroxylation is 1. The number of hydrogen-bond acceptors (Lipinski definition) is 3. The maximum Gasteiger partial charge on any atom is 0.191 e. The summed E-state index contributed by atoms with van der Waals surface area (Å²) < 4.78 is 5.26. The number of rotatable bonds is 8. The minimum Gasteiger partial charge on any atom is -0.359 e. The van der Waals surface area contributed by atoms with Gasteiger partial charge in [0, 0.05) is 18.7 Å². The van der Waals surface area contributed by atoms with Crippen molar-refractivity contribution in [1.29, 1.82) is 0 Å². The van der Waals surface area contributed by atoms with E-state index in [2.05, 4.69) is 55.4 Å². The van der Waals surface area contributed by atoms with E-state index >= 15 is 0 Å². The zero-order chi connectivity index (χ0) is 15.7. The van der Waals surface area contributed by atoms with Crippen LogP contribution in [0.5, 0.6) is 0 Å². The molecule has 21 heavy (non-hydrogen) atoms. The molecule has 0 saturated heterocycles. The predicted octanol–water partition coefficient (Wildman–Crippen LogP) is 3.12. The molecule has 0 fully saturated rings. The molecule has 0 aliphatic carbocycles. The van der Waals surface area contributed by atoms with Gasteiger partial charge in [-0.05, 0) is 39.0 Å². The number of aliphatic imine (C=N–C) groups is 1. The highest BCUT2D eigenvalue weighted by Gasteiger charge is 2.07. The minimum absolute atomic E-state index is 0.408. The van der Waals surface area contributed by atoms with Crippen LogP contribution in [0, 0.1) is 5.92 Å². The van der Waals surface area contributed by atoms with Gasteiger partial charge in [-0.3, -0.25) is 0 Å². The quantitative estimate of drug-likeness (QED) is 0.571. The van der Waals surface area contributed by atoms with Gasteiger partial charge < -0.3 is 15.2 Å². The first-order valence-electron chi connectivity index (χ1n) is 8.04. The van der Waals surface area contributed by atoms with Crippen LogP contribution in [0.15, 0.2) is 15.6 Å². The van der Waals surface area contributed by atoms with E-state index < -0.39 is 0 Å². The van der Waals surface area contributed by atoms with Crippen LogP contribution >= 0.6 is 0 Å². The molecule has 1 unspecified atom stereocenters. The summed E-state index contributed by atoms with van der Waals surface area (Å²) in [5, 5.41) is 10.7. The second-order valence-electron chi connectivity index (χ2n) is 5.85. The third kappa shape index (κ3) is 7.16. The van der Waals surface area contributed by atoms with E-state index in [9.17, 15) is 0 Å². The van der Waals surface area contributed by atoms with Crippen LogP contribution in [0.25, 0.3) is 0 Å². The molecule has 1 atom stereocenters. The molecule has 0 saturated carbocycles.